The molecule has 29 heavy (non-hydrogen) atoms. The van der Waals surface area contributed by atoms with Crippen LogP contribution >= 0.6 is 24.8 Å². The molecule has 9 nitrogen and oxygen atoms in total. The molecule has 2 aromatic carbocycles. The van der Waals surface area contributed by atoms with Gasteiger partial charge in [-0.1, -0.05) is 42.5 Å². The highest BCUT2D eigenvalue weighted by Gasteiger charge is 2.30. The second kappa shape index (κ2) is 9.26. The van der Waals surface area contributed by atoms with Crippen molar-refractivity contribution in [2.24, 2.45) is 20.7 Å². The van der Waals surface area contributed by atoms with Crippen LogP contribution in [-0.4, -0.2) is 18.1 Å². The maximum atomic E-state index is 11.2. The standard InChI is InChI=1S/C9H10N6OS.C9H7NOS/c1-10-8(16)11-7-4-2-3-6(5-7)9(17)12-14-15-13-9;12-9-10-8(6-11-9)7-4-2-1-3-5-7/h2-5,17H,1H3,(H2,10,11,16);1-6H,(H,10,12). The molecule has 0 fully saturated rings. The summed E-state index contributed by atoms with van der Waals surface area (Å²) >= 11 is 9.09. The first kappa shape index (κ1) is 20.4. The van der Waals surface area contributed by atoms with Crippen LogP contribution < -0.4 is 10.6 Å². The number of anilines is 1. The predicted octanol–water partition coefficient (Wildman–Crippen LogP) is 5.32. The van der Waals surface area contributed by atoms with E-state index in [9.17, 15) is 4.79 Å². The summed E-state index contributed by atoms with van der Waals surface area (Å²) in [6, 6.07) is 16.6. The van der Waals surface area contributed by atoms with Gasteiger partial charge in [0.2, 0.25) is 0 Å². The third-order valence-electron chi connectivity index (χ3n) is 3.75. The van der Waals surface area contributed by atoms with Crippen LogP contribution in [0.2, 0.25) is 0 Å². The van der Waals surface area contributed by atoms with E-state index in [1.165, 1.54) is 0 Å². The minimum atomic E-state index is -1.10. The highest BCUT2D eigenvalue weighted by molar-refractivity contribution is 7.81. The molecule has 1 aliphatic rings. The fourth-order valence-electron chi connectivity index (χ4n) is 2.34. The zero-order chi connectivity index (χ0) is 20.7. The molecule has 2 heterocycles. The summed E-state index contributed by atoms with van der Waals surface area (Å²) in [5.74, 6) is 0. The van der Waals surface area contributed by atoms with Gasteiger partial charge >= 0.3 is 6.03 Å². The van der Waals surface area contributed by atoms with Gasteiger partial charge in [-0.25, -0.2) is 4.79 Å². The van der Waals surface area contributed by atoms with Crippen molar-refractivity contribution in [2.75, 3.05) is 12.4 Å². The van der Waals surface area contributed by atoms with E-state index in [0.29, 0.717) is 16.1 Å². The molecular formula is C18H17N7O2S2. The van der Waals surface area contributed by atoms with Crippen LogP contribution in [0.4, 0.5) is 10.5 Å². The Hall–Kier alpha value is -3.31. The average Bonchev–Trinajstić information content (AvgIpc) is 3.39. The molecule has 3 aromatic rings. The number of nitrogens with one attached hydrogen (secondary N) is 3. The zero-order valence-corrected chi connectivity index (χ0v) is 16.9. The number of aromatic amines is 1. The highest BCUT2D eigenvalue weighted by Crippen LogP contribution is 2.36. The molecule has 0 saturated carbocycles. The number of thiol groups is 1. The predicted molar refractivity (Wildman–Crippen MR) is 114 cm³/mol. The van der Waals surface area contributed by atoms with E-state index in [2.05, 4.69) is 48.9 Å². The van der Waals surface area contributed by atoms with Crippen molar-refractivity contribution < 1.29 is 9.21 Å². The van der Waals surface area contributed by atoms with Crippen LogP contribution in [0.1, 0.15) is 5.56 Å². The number of hydrogen-bond donors (Lipinski definition) is 4. The van der Waals surface area contributed by atoms with Gasteiger partial charge in [0.25, 0.3) is 9.83 Å². The molecule has 2 amide bonds. The number of urea groups is 1. The lowest BCUT2D eigenvalue weighted by atomic mass is 10.1. The molecule has 11 heteroatoms. The summed E-state index contributed by atoms with van der Waals surface area (Å²) < 4.78 is 4.98. The summed E-state index contributed by atoms with van der Waals surface area (Å²) in [7, 11) is 1.54. The smallest absolute Gasteiger partial charge is 0.318 e. The number of hydrogen-bond acceptors (Lipinski definition) is 8. The monoisotopic (exact) mass is 427 g/mol. The second-order valence-corrected chi connectivity index (χ2v) is 6.72. The first-order chi connectivity index (χ1) is 14.0. The van der Waals surface area contributed by atoms with Crippen LogP contribution in [0.25, 0.3) is 11.3 Å². The van der Waals surface area contributed by atoms with Crippen LogP contribution in [0.3, 0.4) is 0 Å². The van der Waals surface area contributed by atoms with Gasteiger partial charge in [0, 0.05) is 23.9 Å². The molecule has 3 N–H and O–H groups in total. The van der Waals surface area contributed by atoms with Crippen LogP contribution in [-0.2, 0) is 4.99 Å². The fourth-order valence-corrected chi connectivity index (χ4v) is 2.72. The molecule has 0 radical (unpaired) electrons. The van der Waals surface area contributed by atoms with Crippen molar-refractivity contribution in [1.29, 1.82) is 0 Å². The SMILES string of the molecule is CNC(=O)Nc1cccc(C2(S)N=NN=N2)c1.S=c1[nH]c(-c2ccccc2)co1. The number of benzene rings is 2. The van der Waals surface area contributed by atoms with Gasteiger partial charge in [0.15, 0.2) is 0 Å². The largest absolute Gasteiger partial charge is 0.437 e. The second-order valence-electron chi connectivity index (χ2n) is 5.73. The molecule has 0 spiro atoms. The Kier molecular flexibility index (Phi) is 6.52. The van der Waals surface area contributed by atoms with Crippen molar-refractivity contribution in [3.63, 3.8) is 0 Å². The van der Waals surface area contributed by atoms with Gasteiger partial charge in [-0.15, -0.1) is 22.9 Å². The summed E-state index contributed by atoms with van der Waals surface area (Å²) in [6.45, 7) is 0. The van der Waals surface area contributed by atoms with Gasteiger partial charge in [-0.2, -0.15) is 0 Å². The fraction of sp³-hybridized carbons (Fsp3) is 0.111. The Morgan fingerprint density at radius 2 is 1.86 bits per heavy atom. The average molecular weight is 428 g/mol. The van der Waals surface area contributed by atoms with E-state index in [1.807, 2.05) is 30.3 Å². The molecule has 1 aliphatic heterocycles. The minimum Gasteiger partial charge on any atom is -0.437 e. The first-order valence-corrected chi connectivity index (χ1v) is 9.25. The van der Waals surface area contributed by atoms with E-state index in [0.717, 1.165) is 11.3 Å². The van der Waals surface area contributed by atoms with Gasteiger partial charge in [0.1, 0.15) is 6.26 Å². The maximum Gasteiger partial charge on any atom is 0.318 e. The molecule has 1 aromatic heterocycles. The number of carbonyl (C=O) groups is 1. The molecule has 148 valence electrons. The van der Waals surface area contributed by atoms with Crippen LogP contribution in [0.5, 0.6) is 0 Å². The summed E-state index contributed by atoms with van der Waals surface area (Å²) in [6.07, 6.45) is 1.62. The lowest BCUT2D eigenvalue weighted by Crippen LogP contribution is -2.24. The number of oxazole rings is 1. The van der Waals surface area contributed by atoms with E-state index in [1.54, 1.807) is 37.6 Å². The van der Waals surface area contributed by atoms with Crippen molar-refractivity contribution in [3.8, 4) is 11.3 Å². The third kappa shape index (κ3) is 5.36. The highest BCUT2D eigenvalue weighted by atomic mass is 32.1. The Labute approximate surface area is 176 Å². The van der Waals surface area contributed by atoms with Gasteiger partial charge in [0.05, 0.1) is 5.69 Å². The van der Waals surface area contributed by atoms with Crippen LogP contribution in [0.15, 0.2) is 86.0 Å². The Morgan fingerprint density at radius 1 is 1.14 bits per heavy atom. The number of amides is 2. The Balaban J connectivity index is 0.000000176. The van der Waals surface area contributed by atoms with E-state index < -0.39 is 4.99 Å². The number of H-pyrrole nitrogens is 1. The van der Waals surface area contributed by atoms with Crippen LogP contribution in [0, 0.1) is 4.84 Å². The molecule has 0 bridgehead atoms. The van der Waals surface area contributed by atoms with E-state index in [-0.39, 0.29) is 6.03 Å². The summed E-state index contributed by atoms with van der Waals surface area (Å²) in [4.78, 5) is 13.4. The van der Waals surface area contributed by atoms with E-state index >= 15 is 0 Å². The van der Waals surface area contributed by atoms with Gasteiger partial charge in [-0.05, 0) is 34.8 Å². The number of carbonyl (C=O) groups excluding carboxylic acids is 1. The minimum absolute atomic E-state index is 0.301. The number of nitrogens with zero attached hydrogens (tertiary/aromatic N) is 4. The normalized spacial score (nSPS) is 13.4. The molecule has 0 aliphatic carbocycles. The zero-order valence-electron chi connectivity index (χ0n) is 15.2. The van der Waals surface area contributed by atoms with Gasteiger partial charge < -0.3 is 20.0 Å². The summed E-state index contributed by atoms with van der Waals surface area (Å²) in [5.41, 5.74) is 3.30. The Bertz CT molecular complexity index is 1080. The quantitative estimate of drug-likeness (QED) is 0.335. The maximum absolute atomic E-state index is 11.2. The van der Waals surface area contributed by atoms with Crippen molar-refractivity contribution in [3.05, 3.63) is 71.3 Å². The summed E-state index contributed by atoms with van der Waals surface area (Å²) in [5, 5.41) is 19.6. The Morgan fingerprint density at radius 3 is 2.48 bits per heavy atom. The first-order valence-electron chi connectivity index (χ1n) is 8.39. The molecule has 4 rings (SSSR count). The molecule has 0 saturated heterocycles. The topological polar surface area (TPSA) is 119 Å². The third-order valence-corrected chi connectivity index (χ3v) is 4.38. The van der Waals surface area contributed by atoms with Crippen molar-refractivity contribution in [2.45, 2.75) is 4.99 Å². The molecule has 0 atom stereocenters. The van der Waals surface area contributed by atoms with Crippen molar-refractivity contribution >= 4 is 36.6 Å². The number of rotatable bonds is 3. The van der Waals surface area contributed by atoms with E-state index in [4.69, 9.17) is 16.6 Å². The molecule has 0 unspecified atom stereocenters. The van der Waals surface area contributed by atoms with Gasteiger partial charge in [-0.3, -0.25) is 0 Å². The van der Waals surface area contributed by atoms with Crippen molar-refractivity contribution in [1.82, 2.24) is 10.3 Å². The lowest BCUT2D eigenvalue weighted by molar-refractivity contribution is 0.254. The number of aromatic nitrogens is 1. The lowest BCUT2D eigenvalue weighted by Gasteiger charge is -2.14. The molecular weight excluding hydrogens is 410 g/mol.